The van der Waals surface area contributed by atoms with Gasteiger partial charge in [-0.1, -0.05) is 41.4 Å². The largest absolute Gasteiger partial charge is 0.378 e. The van der Waals surface area contributed by atoms with E-state index in [0.29, 0.717) is 22.0 Å². The summed E-state index contributed by atoms with van der Waals surface area (Å²) in [5.74, 6) is -0.755. The number of carbonyl (C=O) groups is 2. The van der Waals surface area contributed by atoms with Gasteiger partial charge in [0.05, 0.1) is 11.3 Å². The number of rotatable bonds is 5. The van der Waals surface area contributed by atoms with E-state index >= 15 is 0 Å². The van der Waals surface area contributed by atoms with Crippen molar-refractivity contribution in [1.29, 1.82) is 0 Å². The first kappa shape index (κ1) is 22.6. The van der Waals surface area contributed by atoms with E-state index in [2.05, 4.69) is 5.32 Å². The van der Waals surface area contributed by atoms with Crippen LogP contribution in [0.15, 0.2) is 66.4 Å². The number of nitrogens with one attached hydrogen (secondary N) is 1. The summed E-state index contributed by atoms with van der Waals surface area (Å²) in [6.07, 6.45) is 0. The van der Waals surface area contributed by atoms with Crippen LogP contribution in [0.25, 0.3) is 5.57 Å². The van der Waals surface area contributed by atoms with Crippen molar-refractivity contribution in [3.63, 3.8) is 0 Å². The Hall–Kier alpha value is -3.57. The molecule has 3 aromatic carbocycles. The quantitative estimate of drug-likeness (QED) is 0.495. The van der Waals surface area contributed by atoms with E-state index in [-0.39, 0.29) is 11.6 Å². The molecule has 0 aromatic heterocycles. The van der Waals surface area contributed by atoms with Crippen molar-refractivity contribution < 1.29 is 9.59 Å². The SMILES string of the molecule is Cc1ccc(C2=C(Nc3ccc(C)c(Cl)c3)C(=O)N(c3ccc(N(C)C)cc3)C2=O)c(C)c1. The molecule has 1 heterocycles. The molecule has 5 nitrogen and oxygen atoms in total. The van der Waals surface area contributed by atoms with Crippen LogP contribution in [0.1, 0.15) is 22.3 Å². The molecule has 0 fully saturated rings. The van der Waals surface area contributed by atoms with Gasteiger partial charge < -0.3 is 10.2 Å². The smallest absolute Gasteiger partial charge is 0.282 e. The summed E-state index contributed by atoms with van der Waals surface area (Å²) < 4.78 is 0. The number of nitrogens with zero attached hydrogens (tertiary/aromatic N) is 2. The number of hydrogen-bond donors (Lipinski definition) is 1. The van der Waals surface area contributed by atoms with Crippen molar-refractivity contribution in [1.82, 2.24) is 0 Å². The molecule has 0 atom stereocenters. The van der Waals surface area contributed by atoms with E-state index in [0.717, 1.165) is 27.9 Å². The molecule has 1 aliphatic rings. The van der Waals surface area contributed by atoms with Crippen LogP contribution < -0.4 is 15.1 Å². The molecule has 0 unspecified atom stereocenters. The van der Waals surface area contributed by atoms with Crippen LogP contribution in [0.3, 0.4) is 0 Å². The number of hydrogen-bond acceptors (Lipinski definition) is 4. The molecule has 2 amide bonds. The Morgan fingerprint density at radius 1 is 0.818 bits per heavy atom. The maximum atomic E-state index is 13.7. The molecule has 6 heteroatoms. The highest BCUT2D eigenvalue weighted by molar-refractivity contribution is 6.46. The standard InChI is InChI=1S/C27H26ClN3O2/c1-16-6-13-22(18(3)14-16)24-25(29-19-8-7-17(2)23(28)15-19)27(33)31(26(24)32)21-11-9-20(10-12-21)30(4)5/h6-15,29H,1-5H3. The van der Waals surface area contributed by atoms with Gasteiger partial charge in [-0.25, -0.2) is 4.90 Å². The maximum absolute atomic E-state index is 13.7. The normalized spacial score (nSPS) is 13.7. The zero-order chi connectivity index (χ0) is 23.9. The van der Waals surface area contributed by atoms with Gasteiger partial charge in [-0.2, -0.15) is 0 Å². The van der Waals surface area contributed by atoms with Gasteiger partial charge in [0.25, 0.3) is 11.8 Å². The van der Waals surface area contributed by atoms with Gasteiger partial charge in [0.2, 0.25) is 0 Å². The fourth-order valence-corrected chi connectivity index (χ4v) is 4.12. The van der Waals surface area contributed by atoms with E-state index in [1.807, 2.05) is 82.2 Å². The lowest BCUT2D eigenvalue weighted by Gasteiger charge is -2.18. The monoisotopic (exact) mass is 459 g/mol. The van der Waals surface area contributed by atoms with Crippen LogP contribution in [-0.4, -0.2) is 25.9 Å². The van der Waals surface area contributed by atoms with Gasteiger partial charge in [0, 0.05) is 30.5 Å². The molecular formula is C27H26ClN3O2. The second-order valence-corrected chi connectivity index (χ2v) is 8.92. The first-order valence-corrected chi connectivity index (χ1v) is 11.1. The number of benzene rings is 3. The molecule has 3 aromatic rings. The van der Waals surface area contributed by atoms with Gasteiger partial charge in [-0.05, 0) is 73.9 Å². The van der Waals surface area contributed by atoms with Crippen LogP contribution in [0.2, 0.25) is 5.02 Å². The summed E-state index contributed by atoms with van der Waals surface area (Å²) in [5, 5.41) is 3.77. The predicted molar refractivity (Wildman–Crippen MR) is 136 cm³/mol. The van der Waals surface area contributed by atoms with E-state index < -0.39 is 5.91 Å². The van der Waals surface area contributed by atoms with Gasteiger partial charge in [-0.15, -0.1) is 0 Å². The van der Waals surface area contributed by atoms with E-state index in [1.54, 1.807) is 18.2 Å². The van der Waals surface area contributed by atoms with Crippen LogP contribution in [0.5, 0.6) is 0 Å². The molecule has 0 saturated heterocycles. The number of aryl methyl sites for hydroxylation is 3. The van der Waals surface area contributed by atoms with Crippen LogP contribution in [0.4, 0.5) is 17.1 Å². The number of amides is 2. The van der Waals surface area contributed by atoms with Crippen LogP contribution in [0, 0.1) is 20.8 Å². The average Bonchev–Trinajstić information content (AvgIpc) is 3.00. The van der Waals surface area contributed by atoms with Gasteiger partial charge in [0.15, 0.2) is 0 Å². The third-order valence-corrected chi connectivity index (χ3v) is 6.21. The fourth-order valence-electron chi connectivity index (χ4n) is 3.94. The first-order chi connectivity index (χ1) is 15.7. The van der Waals surface area contributed by atoms with Crippen molar-refractivity contribution >= 4 is 46.1 Å². The highest BCUT2D eigenvalue weighted by atomic mass is 35.5. The molecule has 0 aliphatic carbocycles. The summed E-state index contributed by atoms with van der Waals surface area (Å²) >= 11 is 6.30. The summed E-state index contributed by atoms with van der Waals surface area (Å²) in [6, 6.07) is 18.7. The number of carbonyl (C=O) groups excluding carboxylic acids is 2. The lowest BCUT2D eigenvalue weighted by atomic mass is 9.97. The van der Waals surface area contributed by atoms with E-state index in [9.17, 15) is 9.59 Å². The van der Waals surface area contributed by atoms with Crippen LogP contribution in [-0.2, 0) is 9.59 Å². The zero-order valence-electron chi connectivity index (χ0n) is 19.4. The summed E-state index contributed by atoms with van der Waals surface area (Å²) in [7, 11) is 3.88. The summed E-state index contributed by atoms with van der Waals surface area (Å²) in [4.78, 5) is 30.5. The average molecular weight is 460 g/mol. The van der Waals surface area contributed by atoms with Crippen molar-refractivity contribution in [2.75, 3.05) is 29.2 Å². The number of imide groups is 1. The topological polar surface area (TPSA) is 52.7 Å². The third-order valence-electron chi connectivity index (χ3n) is 5.80. The van der Waals surface area contributed by atoms with Gasteiger partial charge >= 0.3 is 0 Å². The van der Waals surface area contributed by atoms with E-state index in [4.69, 9.17) is 11.6 Å². The lowest BCUT2D eigenvalue weighted by molar-refractivity contribution is -0.120. The minimum absolute atomic E-state index is 0.239. The summed E-state index contributed by atoms with van der Waals surface area (Å²) in [5.41, 5.74) is 6.42. The van der Waals surface area contributed by atoms with Gasteiger partial charge in [0.1, 0.15) is 5.70 Å². The molecular weight excluding hydrogens is 434 g/mol. The van der Waals surface area contributed by atoms with Crippen molar-refractivity contribution in [2.24, 2.45) is 0 Å². The molecule has 168 valence electrons. The minimum Gasteiger partial charge on any atom is -0.378 e. The Labute approximate surface area is 199 Å². The molecule has 0 saturated carbocycles. The molecule has 0 spiro atoms. The molecule has 0 bridgehead atoms. The minimum atomic E-state index is -0.399. The Balaban J connectivity index is 1.82. The molecule has 4 rings (SSSR count). The second-order valence-electron chi connectivity index (χ2n) is 8.51. The zero-order valence-corrected chi connectivity index (χ0v) is 20.1. The maximum Gasteiger partial charge on any atom is 0.282 e. The lowest BCUT2D eigenvalue weighted by Crippen LogP contribution is -2.32. The van der Waals surface area contributed by atoms with Crippen molar-refractivity contribution in [3.05, 3.63) is 93.6 Å². The number of anilines is 3. The molecule has 1 aliphatic heterocycles. The predicted octanol–water partition coefficient (Wildman–Crippen LogP) is 5.73. The molecule has 1 N–H and O–H groups in total. The molecule has 33 heavy (non-hydrogen) atoms. The Bertz CT molecular complexity index is 1290. The fraction of sp³-hybridized carbons (Fsp3) is 0.185. The Kier molecular flexibility index (Phi) is 6.00. The Morgan fingerprint density at radius 3 is 2.12 bits per heavy atom. The van der Waals surface area contributed by atoms with Crippen LogP contribution >= 0.6 is 11.6 Å². The number of halogens is 1. The highest BCUT2D eigenvalue weighted by Crippen LogP contribution is 2.36. The van der Waals surface area contributed by atoms with Gasteiger partial charge in [-0.3, -0.25) is 9.59 Å². The second kappa shape index (κ2) is 8.75. The Morgan fingerprint density at radius 2 is 1.52 bits per heavy atom. The third kappa shape index (κ3) is 4.24. The van der Waals surface area contributed by atoms with Crippen molar-refractivity contribution in [3.8, 4) is 0 Å². The summed E-state index contributed by atoms with van der Waals surface area (Å²) in [6.45, 7) is 5.86. The highest BCUT2D eigenvalue weighted by Gasteiger charge is 2.40. The first-order valence-electron chi connectivity index (χ1n) is 10.7. The van der Waals surface area contributed by atoms with Crippen molar-refractivity contribution in [2.45, 2.75) is 20.8 Å². The van der Waals surface area contributed by atoms with E-state index in [1.165, 1.54) is 4.90 Å². The molecule has 0 radical (unpaired) electrons.